The molecule has 0 aromatic rings. The second-order valence-corrected chi connectivity index (χ2v) is 5.57. The molecule has 0 aromatic carbocycles. The normalized spacial score (nSPS) is 32.4. The maximum absolute atomic E-state index is 3.98. The fourth-order valence-corrected chi connectivity index (χ4v) is 3.42. The van der Waals surface area contributed by atoms with Crippen LogP contribution < -0.4 is 0 Å². The Morgan fingerprint density at radius 3 is 1.71 bits per heavy atom. The van der Waals surface area contributed by atoms with Gasteiger partial charge in [-0.1, -0.05) is 65.2 Å². The molecule has 14 heavy (non-hydrogen) atoms. The lowest BCUT2D eigenvalue weighted by atomic mass is 9.95. The quantitative estimate of drug-likeness (QED) is 0.571. The molecule has 0 amide bonds. The highest BCUT2D eigenvalue weighted by molar-refractivity contribution is 6.12. The Hall–Kier alpha value is 0.217. The van der Waals surface area contributed by atoms with E-state index in [1.807, 2.05) is 0 Å². The van der Waals surface area contributed by atoms with E-state index in [2.05, 4.69) is 24.1 Å². The Morgan fingerprint density at radius 2 is 1.36 bits per heavy atom. The average molecular weight is 209 g/mol. The summed E-state index contributed by atoms with van der Waals surface area (Å²) in [6.07, 6.45) is 11.4. The molecule has 1 aliphatic rings. The molecule has 0 heterocycles. The molecule has 2 unspecified atom stereocenters. The Labute approximate surface area is 93.3 Å². The van der Waals surface area contributed by atoms with Crippen molar-refractivity contribution in [3.63, 3.8) is 0 Å². The van der Waals surface area contributed by atoms with Crippen LogP contribution in [0, 0.1) is 11.8 Å². The average Bonchev–Trinajstić information content (AvgIpc) is 2.54. The minimum Gasteiger partial charge on any atom is -0.0654 e. The summed E-state index contributed by atoms with van der Waals surface area (Å²) in [5.41, 5.74) is 0.827. The molecule has 0 saturated heterocycles. The van der Waals surface area contributed by atoms with Crippen LogP contribution in [-0.2, 0) is 0 Å². The molecule has 0 N–H and O–H groups in total. The van der Waals surface area contributed by atoms with E-state index in [1.165, 1.54) is 51.4 Å². The van der Waals surface area contributed by atoms with Crippen molar-refractivity contribution in [1.82, 2.24) is 0 Å². The first-order valence-corrected chi connectivity index (χ1v) is 7.08. The van der Waals surface area contributed by atoms with Crippen molar-refractivity contribution in [2.24, 2.45) is 11.8 Å². The lowest BCUT2D eigenvalue weighted by molar-refractivity contribution is 0.427. The third kappa shape index (κ3) is 3.41. The van der Waals surface area contributed by atoms with Gasteiger partial charge in [0.25, 0.3) is 0 Å². The Balaban J connectivity index is 2.24. The lowest BCUT2D eigenvalue weighted by Gasteiger charge is -2.20. The molecule has 1 rings (SSSR count). The Morgan fingerprint density at radius 1 is 0.929 bits per heavy atom. The molecule has 1 saturated carbocycles. The van der Waals surface area contributed by atoms with Crippen LogP contribution in [0.3, 0.4) is 0 Å². The van der Waals surface area contributed by atoms with E-state index in [9.17, 15) is 0 Å². The summed E-state index contributed by atoms with van der Waals surface area (Å²) in [6.45, 7) is 4.60. The highest BCUT2D eigenvalue weighted by atomic mass is 28.1. The van der Waals surface area contributed by atoms with Crippen LogP contribution in [0.5, 0.6) is 0 Å². The molecule has 81 valence electrons. The fraction of sp³-hybridized carbons (Fsp3) is 1.00. The van der Waals surface area contributed by atoms with Crippen LogP contribution in [0.1, 0.15) is 65.2 Å². The zero-order valence-electron chi connectivity index (χ0n) is 9.89. The van der Waals surface area contributed by atoms with Gasteiger partial charge in [-0.3, -0.25) is 0 Å². The van der Waals surface area contributed by atoms with Crippen LogP contribution in [0.25, 0.3) is 0 Å². The minimum absolute atomic E-state index is 0.827. The summed E-state index contributed by atoms with van der Waals surface area (Å²) in [6, 6.07) is 0. The van der Waals surface area contributed by atoms with Crippen LogP contribution in [-0.4, -0.2) is 10.2 Å². The van der Waals surface area contributed by atoms with Crippen molar-refractivity contribution in [3.05, 3.63) is 0 Å². The molecule has 0 spiro atoms. The molecule has 2 atom stereocenters. The molecule has 0 bridgehead atoms. The van der Waals surface area contributed by atoms with E-state index in [0.29, 0.717) is 0 Å². The van der Waals surface area contributed by atoms with Gasteiger partial charge in [-0.2, -0.15) is 0 Å². The van der Waals surface area contributed by atoms with E-state index < -0.39 is 0 Å². The second-order valence-electron chi connectivity index (χ2n) is 4.91. The number of hydrogen-bond acceptors (Lipinski definition) is 0. The number of hydrogen-bond donors (Lipinski definition) is 0. The van der Waals surface area contributed by atoms with Gasteiger partial charge in [-0.05, 0) is 17.4 Å². The first-order chi connectivity index (χ1) is 6.79. The van der Waals surface area contributed by atoms with Gasteiger partial charge in [-0.15, -0.1) is 0 Å². The minimum atomic E-state index is 0.827. The highest BCUT2D eigenvalue weighted by Gasteiger charge is 2.31. The van der Waals surface area contributed by atoms with Crippen molar-refractivity contribution in [2.45, 2.75) is 70.8 Å². The van der Waals surface area contributed by atoms with Gasteiger partial charge in [0.2, 0.25) is 0 Å². The van der Waals surface area contributed by atoms with Crippen molar-refractivity contribution in [2.75, 3.05) is 0 Å². The molecule has 1 fully saturated rings. The van der Waals surface area contributed by atoms with Gasteiger partial charge in [0.1, 0.15) is 0 Å². The van der Waals surface area contributed by atoms with E-state index in [-0.39, 0.29) is 0 Å². The summed E-state index contributed by atoms with van der Waals surface area (Å²) in [5, 5.41) is 0. The standard InChI is InChI=1S/C13H25Si/c1-3-5-7-11-9-10-12(13(11)14)8-6-4-2/h11-13H,3-10H2,1-2H3. The molecular weight excluding hydrogens is 184 g/mol. The molecule has 0 aliphatic heterocycles. The molecule has 1 aliphatic carbocycles. The largest absolute Gasteiger partial charge is 0.0654 e. The Bertz CT molecular complexity index is 128. The van der Waals surface area contributed by atoms with Gasteiger partial charge >= 0.3 is 0 Å². The third-order valence-corrected chi connectivity index (χ3v) is 4.72. The van der Waals surface area contributed by atoms with Crippen molar-refractivity contribution >= 4 is 10.2 Å². The highest BCUT2D eigenvalue weighted by Crippen LogP contribution is 2.44. The summed E-state index contributed by atoms with van der Waals surface area (Å²) in [7, 11) is 3.98. The van der Waals surface area contributed by atoms with E-state index in [1.54, 1.807) is 0 Å². The zero-order valence-corrected chi connectivity index (χ0v) is 10.9. The number of rotatable bonds is 6. The SMILES string of the molecule is CCCCC1CCC(CCCC)C1[Si]. The van der Waals surface area contributed by atoms with Gasteiger partial charge in [0.05, 0.1) is 0 Å². The van der Waals surface area contributed by atoms with E-state index in [4.69, 9.17) is 0 Å². The molecule has 1 heteroatoms. The van der Waals surface area contributed by atoms with Gasteiger partial charge < -0.3 is 0 Å². The van der Waals surface area contributed by atoms with Gasteiger partial charge in [0.15, 0.2) is 0 Å². The first-order valence-electron chi connectivity index (χ1n) is 6.50. The second kappa shape index (κ2) is 6.65. The van der Waals surface area contributed by atoms with Crippen LogP contribution in [0.2, 0.25) is 5.54 Å². The molecular formula is C13H25Si. The zero-order chi connectivity index (χ0) is 10.4. The van der Waals surface area contributed by atoms with Crippen LogP contribution >= 0.6 is 0 Å². The molecule has 3 radical (unpaired) electrons. The van der Waals surface area contributed by atoms with Crippen molar-refractivity contribution in [3.8, 4) is 0 Å². The summed E-state index contributed by atoms with van der Waals surface area (Å²) in [5.74, 6) is 1.96. The maximum Gasteiger partial charge on any atom is 0.0273 e. The van der Waals surface area contributed by atoms with Crippen molar-refractivity contribution in [1.29, 1.82) is 0 Å². The summed E-state index contributed by atoms with van der Waals surface area (Å²) in [4.78, 5) is 0. The predicted molar refractivity (Wildman–Crippen MR) is 64.8 cm³/mol. The Kier molecular flexibility index (Phi) is 5.84. The van der Waals surface area contributed by atoms with E-state index >= 15 is 0 Å². The third-order valence-electron chi connectivity index (χ3n) is 3.78. The lowest BCUT2D eigenvalue weighted by Crippen LogP contribution is -2.09. The summed E-state index contributed by atoms with van der Waals surface area (Å²) >= 11 is 0. The van der Waals surface area contributed by atoms with Gasteiger partial charge in [-0.25, -0.2) is 0 Å². The van der Waals surface area contributed by atoms with Crippen LogP contribution in [0.15, 0.2) is 0 Å². The topological polar surface area (TPSA) is 0 Å². The van der Waals surface area contributed by atoms with Crippen LogP contribution in [0.4, 0.5) is 0 Å². The maximum atomic E-state index is 3.98. The summed E-state index contributed by atoms with van der Waals surface area (Å²) < 4.78 is 0. The molecule has 0 nitrogen and oxygen atoms in total. The van der Waals surface area contributed by atoms with Gasteiger partial charge in [0, 0.05) is 10.2 Å². The fourth-order valence-electron chi connectivity index (χ4n) is 2.75. The van der Waals surface area contributed by atoms with Crippen molar-refractivity contribution < 1.29 is 0 Å². The smallest absolute Gasteiger partial charge is 0.0273 e. The molecule has 0 aromatic heterocycles. The van der Waals surface area contributed by atoms with E-state index in [0.717, 1.165) is 17.4 Å². The number of unbranched alkanes of at least 4 members (excludes halogenated alkanes) is 2. The first kappa shape index (κ1) is 12.3. The predicted octanol–water partition coefficient (Wildman–Crippen LogP) is 4.35. The monoisotopic (exact) mass is 209 g/mol.